The summed E-state index contributed by atoms with van der Waals surface area (Å²) < 4.78 is 2.02. The third-order valence-corrected chi connectivity index (χ3v) is 3.56. The lowest BCUT2D eigenvalue weighted by molar-refractivity contribution is -0.124. The fraction of sp³-hybridized carbons (Fsp3) is 0.0526. The quantitative estimate of drug-likeness (QED) is 0.431. The highest BCUT2D eigenvalue weighted by atomic mass is 16.5. The average Bonchev–Trinajstić information content (AvgIpc) is 3.09. The summed E-state index contributed by atoms with van der Waals surface area (Å²) in [4.78, 5) is 15.5. The number of carbonyl (C=O) groups is 1. The number of rotatable bonds is 5. The number of nitrogens with zero attached hydrogens (tertiary/aromatic N) is 2. The van der Waals surface area contributed by atoms with Crippen LogP contribution in [0.5, 0.6) is 0 Å². The van der Waals surface area contributed by atoms with Crippen LogP contribution in [0.25, 0.3) is 17.3 Å². The number of carbonyl (C=O) groups excluding carboxylic acids is 1. The number of hydroxylamine groups is 1. The van der Waals surface area contributed by atoms with Gasteiger partial charge in [0.05, 0.1) is 12.0 Å². The van der Waals surface area contributed by atoms with Gasteiger partial charge in [-0.1, -0.05) is 48.5 Å². The molecule has 24 heavy (non-hydrogen) atoms. The van der Waals surface area contributed by atoms with Crippen LogP contribution in [0.3, 0.4) is 0 Å². The molecule has 1 aromatic heterocycles. The van der Waals surface area contributed by atoms with E-state index >= 15 is 0 Å². The Morgan fingerprint density at radius 2 is 2.00 bits per heavy atom. The summed E-state index contributed by atoms with van der Waals surface area (Å²) in [6.07, 6.45) is 6.75. The molecule has 1 amide bonds. The minimum atomic E-state index is -0.553. The molecular weight excluding hydrogens is 302 g/mol. The summed E-state index contributed by atoms with van der Waals surface area (Å²) >= 11 is 0. The van der Waals surface area contributed by atoms with E-state index in [1.165, 1.54) is 6.08 Å². The SMILES string of the molecule is O=C(C=Cc1cccc(Cn2cnc(-c3ccccc3)c2)c1)NO. The molecule has 0 atom stereocenters. The van der Waals surface area contributed by atoms with E-state index in [2.05, 4.69) is 4.98 Å². The summed E-state index contributed by atoms with van der Waals surface area (Å²) in [5.41, 5.74) is 5.58. The third kappa shape index (κ3) is 3.97. The molecule has 3 aromatic rings. The lowest BCUT2D eigenvalue weighted by atomic mass is 10.1. The highest BCUT2D eigenvalue weighted by Gasteiger charge is 2.02. The van der Waals surface area contributed by atoms with Gasteiger partial charge in [0.1, 0.15) is 0 Å². The molecule has 0 aliphatic heterocycles. The van der Waals surface area contributed by atoms with Gasteiger partial charge in [-0.2, -0.15) is 0 Å². The number of benzene rings is 2. The standard InChI is InChI=1S/C19H17N3O2/c23-19(21-24)10-9-15-5-4-6-16(11-15)12-22-13-18(20-14-22)17-7-2-1-3-8-17/h1-11,13-14,24H,12H2,(H,21,23). The average molecular weight is 319 g/mol. The molecule has 0 unspecified atom stereocenters. The summed E-state index contributed by atoms with van der Waals surface area (Å²) in [6.45, 7) is 0.688. The van der Waals surface area contributed by atoms with Crippen LogP contribution < -0.4 is 5.48 Å². The van der Waals surface area contributed by atoms with Crippen LogP contribution in [0.2, 0.25) is 0 Å². The van der Waals surface area contributed by atoms with E-state index in [0.717, 1.165) is 22.4 Å². The first-order valence-corrected chi connectivity index (χ1v) is 7.53. The first-order valence-electron chi connectivity index (χ1n) is 7.53. The normalized spacial score (nSPS) is 10.9. The minimum absolute atomic E-state index is 0.553. The molecule has 3 rings (SSSR count). The van der Waals surface area contributed by atoms with Crippen LogP contribution in [0.4, 0.5) is 0 Å². The van der Waals surface area contributed by atoms with Crippen molar-refractivity contribution < 1.29 is 10.0 Å². The maximum atomic E-state index is 11.0. The van der Waals surface area contributed by atoms with Crippen LogP contribution in [0.1, 0.15) is 11.1 Å². The molecular formula is C19H17N3O2. The molecule has 2 aromatic carbocycles. The van der Waals surface area contributed by atoms with E-state index in [1.807, 2.05) is 71.7 Å². The van der Waals surface area contributed by atoms with E-state index < -0.39 is 5.91 Å². The second kappa shape index (κ2) is 7.39. The Morgan fingerprint density at radius 3 is 2.79 bits per heavy atom. The highest BCUT2D eigenvalue weighted by molar-refractivity contribution is 5.90. The van der Waals surface area contributed by atoms with Gasteiger partial charge in [0, 0.05) is 24.4 Å². The van der Waals surface area contributed by atoms with Gasteiger partial charge in [0.15, 0.2) is 0 Å². The van der Waals surface area contributed by atoms with Crippen LogP contribution in [-0.4, -0.2) is 20.7 Å². The summed E-state index contributed by atoms with van der Waals surface area (Å²) in [6, 6.07) is 17.9. The second-order valence-corrected chi connectivity index (χ2v) is 5.35. The van der Waals surface area contributed by atoms with Crippen molar-refractivity contribution in [2.24, 2.45) is 0 Å². The van der Waals surface area contributed by atoms with E-state index in [1.54, 1.807) is 11.6 Å². The van der Waals surface area contributed by atoms with Gasteiger partial charge in [0.2, 0.25) is 0 Å². The summed E-state index contributed by atoms with van der Waals surface area (Å²) in [5, 5.41) is 8.50. The fourth-order valence-electron chi connectivity index (χ4n) is 2.42. The molecule has 0 aliphatic carbocycles. The van der Waals surface area contributed by atoms with Crippen LogP contribution >= 0.6 is 0 Å². The lowest BCUT2D eigenvalue weighted by Crippen LogP contribution is -2.14. The Bertz CT molecular complexity index is 854. The summed E-state index contributed by atoms with van der Waals surface area (Å²) in [5.74, 6) is -0.553. The molecule has 0 bridgehead atoms. The predicted octanol–water partition coefficient (Wildman–Crippen LogP) is 3.12. The Morgan fingerprint density at radius 1 is 1.17 bits per heavy atom. The topological polar surface area (TPSA) is 67.2 Å². The monoisotopic (exact) mass is 319 g/mol. The van der Waals surface area contributed by atoms with Crippen LogP contribution in [-0.2, 0) is 11.3 Å². The van der Waals surface area contributed by atoms with Gasteiger partial charge >= 0.3 is 0 Å². The Labute approximate surface area is 139 Å². The van der Waals surface area contributed by atoms with Crippen LogP contribution in [0, 0.1) is 0 Å². The van der Waals surface area contributed by atoms with Crippen molar-refractivity contribution in [3.63, 3.8) is 0 Å². The van der Waals surface area contributed by atoms with Crippen molar-refractivity contribution in [2.75, 3.05) is 0 Å². The largest absolute Gasteiger partial charge is 0.332 e. The maximum Gasteiger partial charge on any atom is 0.267 e. The maximum absolute atomic E-state index is 11.0. The van der Waals surface area contributed by atoms with E-state index in [9.17, 15) is 4.79 Å². The van der Waals surface area contributed by atoms with Crippen molar-refractivity contribution in [1.29, 1.82) is 0 Å². The summed E-state index contributed by atoms with van der Waals surface area (Å²) in [7, 11) is 0. The Kier molecular flexibility index (Phi) is 4.84. The highest BCUT2D eigenvalue weighted by Crippen LogP contribution is 2.17. The number of hydrogen-bond acceptors (Lipinski definition) is 3. The van der Waals surface area contributed by atoms with Crippen molar-refractivity contribution in [3.8, 4) is 11.3 Å². The number of hydrogen-bond donors (Lipinski definition) is 2. The number of aromatic nitrogens is 2. The van der Waals surface area contributed by atoms with E-state index in [-0.39, 0.29) is 0 Å². The molecule has 5 nitrogen and oxygen atoms in total. The number of imidazole rings is 1. The molecule has 120 valence electrons. The second-order valence-electron chi connectivity index (χ2n) is 5.35. The van der Waals surface area contributed by atoms with Gasteiger partial charge in [-0.25, -0.2) is 10.5 Å². The van der Waals surface area contributed by atoms with Gasteiger partial charge in [-0.3, -0.25) is 10.0 Å². The fourth-order valence-corrected chi connectivity index (χ4v) is 2.42. The Balaban J connectivity index is 1.74. The first kappa shape index (κ1) is 15.7. The van der Waals surface area contributed by atoms with Crippen molar-refractivity contribution >= 4 is 12.0 Å². The number of amides is 1. The zero-order valence-corrected chi connectivity index (χ0v) is 13.0. The van der Waals surface area contributed by atoms with Gasteiger partial charge in [-0.05, 0) is 23.3 Å². The van der Waals surface area contributed by atoms with Gasteiger partial charge < -0.3 is 4.57 Å². The molecule has 0 fully saturated rings. The number of nitrogens with one attached hydrogen (secondary N) is 1. The predicted molar refractivity (Wildman–Crippen MR) is 92.2 cm³/mol. The van der Waals surface area contributed by atoms with E-state index in [0.29, 0.717) is 6.54 Å². The molecule has 0 spiro atoms. The van der Waals surface area contributed by atoms with Crippen molar-refractivity contribution in [3.05, 3.63) is 84.3 Å². The molecule has 0 radical (unpaired) electrons. The minimum Gasteiger partial charge on any atom is -0.332 e. The lowest BCUT2D eigenvalue weighted by Gasteiger charge is -2.04. The smallest absolute Gasteiger partial charge is 0.267 e. The molecule has 5 heteroatoms. The van der Waals surface area contributed by atoms with Gasteiger partial charge in [0.25, 0.3) is 5.91 Å². The van der Waals surface area contributed by atoms with Crippen LogP contribution in [0.15, 0.2) is 73.2 Å². The molecule has 0 aliphatic rings. The first-order chi connectivity index (χ1) is 11.7. The van der Waals surface area contributed by atoms with Crippen molar-refractivity contribution in [2.45, 2.75) is 6.54 Å². The van der Waals surface area contributed by atoms with Gasteiger partial charge in [-0.15, -0.1) is 0 Å². The zero-order chi connectivity index (χ0) is 16.8. The zero-order valence-electron chi connectivity index (χ0n) is 13.0. The Hall–Kier alpha value is -3.18. The van der Waals surface area contributed by atoms with E-state index in [4.69, 9.17) is 5.21 Å². The molecule has 2 N–H and O–H groups in total. The van der Waals surface area contributed by atoms with Crippen molar-refractivity contribution in [1.82, 2.24) is 15.0 Å². The third-order valence-electron chi connectivity index (χ3n) is 3.56. The molecule has 0 saturated heterocycles. The molecule has 0 saturated carbocycles. The molecule has 1 heterocycles.